The molecule has 27 heavy (non-hydrogen) atoms. The number of hydrogen-bond acceptors (Lipinski definition) is 7. The first-order valence-corrected chi connectivity index (χ1v) is 9.84. The Kier molecular flexibility index (Phi) is 4.28. The predicted molar refractivity (Wildman–Crippen MR) is 100 cm³/mol. The van der Waals surface area contributed by atoms with Crippen molar-refractivity contribution in [3.63, 3.8) is 0 Å². The van der Waals surface area contributed by atoms with E-state index in [1.54, 1.807) is 18.3 Å². The molecule has 9 nitrogen and oxygen atoms in total. The van der Waals surface area contributed by atoms with Crippen molar-refractivity contribution in [3.8, 4) is 0 Å². The van der Waals surface area contributed by atoms with Gasteiger partial charge in [0.15, 0.2) is 4.90 Å². The Morgan fingerprint density at radius 3 is 2.63 bits per heavy atom. The summed E-state index contributed by atoms with van der Waals surface area (Å²) in [6.07, 6.45) is 3.10. The van der Waals surface area contributed by atoms with Crippen molar-refractivity contribution >= 4 is 32.4 Å². The summed E-state index contributed by atoms with van der Waals surface area (Å²) in [6, 6.07) is 8.68. The molecule has 0 bridgehead atoms. The zero-order valence-electron chi connectivity index (χ0n) is 14.3. The number of fused-ring (bicyclic) bond motifs is 1. The van der Waals surface area contributed by atoms with Crippen molar-refractivity contribution in [3.05, 3.63) is 58.9 Å². The summed E-state index contributed by atoms with van der Waals surface area (Å²) < 4.78 is 27.3. The van der Waals surface area contributed by atoms with Gasteiger partial charge in [0.05, 0.1) is 27.8 Å². The number of para-hydroxylation sites is 1. The third kappa shape index (κ3) is 3.02. The van der Waals surface area contributed by atoms with Crippen LogP contribution in [0.5, 0.6) is 0 Å². The molecule has 0 spiro atoms. The van der Waals surface area contributed by atoms with Gasteiger partial charge in [-0.2, -0.15) is 0 Å². The third-order valence-electron chi connectivity index (χ3n) is 4.57. The van der Waals surface area contributed by atoms with Crippen LogP contribution >= 0.6 is 0 Å². The molecule has 140 valence electrons. The van der Waals surface area contributed by atoms with Gasteiger partial charge < -0.3 is 10.2 Å². The number of nitrogens with one attached hydrogen (secondary N) is 1. The van der Waals surface area contributed by atoms with Gasteiger partial charge >= 0.3 is 0 Å². The Labute approximate surface area is 155 Å². The smallest absolute Gasteiger partial charge is 0.289 e. The molecule has 0 unspecified atom stereocenters. The Morgan fingerprint density at radius 1 is 1.15 bits per heavy atom. The molecular weight excluding hydrogens is 370 g/mol. The number of nitrogens with zero attached hydrogens (tertiary/aromatic N) is 4. The molecule has 1 aliphatic rings. The van der Waals surface area contributed by atoms with Gasteiger partial charge in [-0.3, -0.25) is 15.1 Å². The molecule has 10 heteroatoms. The first kappa shape index (κ1) is 17.4. The maximum Gasteiger partial charge on any atom is 0.289 e. The Bertz CT molecular complexity index is 1120. The highest BCUT2D eigenvalue weighted by molar-refractivity contribution is 7.90. The zero-order valence-corrected chi connectivity index (χ0v) is 15.1. The molecule has 1 aliphatic heterocycles. The number of rotatable bonds is 4. The second-order valence-corrected chi connectivity index (χ2v) is 7.96. The highest BCUT2D eigenvalue weighted by Gasteiger charge is 2.28. The number of anilines is 1. The highest BCUT2D eigenvalue weighted by Crippen LogP contribution is 2.29. The lowest BCUT2D eigenvalue weighted by Crippen LogP contribution is -2.43. The molecule has 0 atom stereocenters. The van der Waals surface area contributed by atoms with Crippen LogP contribution in [0.4, 0.5) is 11.4 Å². The first-order chi connectivity index (χ1) is 13.0. The lowest BCUT2D eigenvalue weighted by atomic mass is 10.3. The molecule has 1 N–H and O–H groups in total. The van der Waals surface area contributed by atoms with Crippen LogP contribution in [0, 0.1) is 10.1 Å². The van der Waals surface area contributed by atoms with Crippen LogP contribution in [0.15, 0.2) is 53.7 Å². The van der Waals surface area contributed by atoms with Gasteiger partial charge in [0.2, 0.25) is 0 Å². The van der Waals surface area contributed by atoms with Crippen LogP contribution in [0.3, 0.4) is 0 Å². The van der Waals surface area contributed by atoms with Crippen LogP contribution in [-0.2, 0) is 10.0 Å². The fraction of sp³-hybridized carbons (Fsp3) is 0.235. The van der Waals surface area contributed by atoms with Crippen LogP contribution in [-0.4, -0.2) is 48.5 Å². The van der Waals surface area contributed by atoms with E-state index in [9.17, 15) is 18.5 Å². The summed E-state index contributed by atoms with van der Waals surface area (Å²) in [5.41, 5.74) is 1.27. The summed E-state index contributed by atoms with van der Waals surface area (Å²) in [6.45, 7) is 3.27. The number of nitro benzene ring substituents is 1. The number of pyridine rings is 1. The SMILES string of the molecule is O=[N+]([O-])c1ccccc1S(=O)(=O)n1ccc2ncc(N3CCNCC3)cc21. The van der Waals surface area contributed by atoms with Crippen LogP contribution in [0.1, 0.15) is 0 Å². The molecular formula is C17H17N5O4S. The molecule has 3 heterocycles. The van der Waals surface area contributed by atoms with E-state index in [0.29, 0.717) is 11.0 Å². The molecule has 2 aromatic heterocycles. The Morgan fingerprint density at radius 2 is 1.89 bits per heavy atom. The number of hydrogen-bond donors (Lipinski definition) is 1. The minimum absolute atomic E-state index is 0.347. The fourth-order valence-electron chi connectivity index (χ4n) is 3.21. The van der Waals surface area contributed by atoms with Crippen molar-refractivity contribution in [2.75, 3.05) is 31.1 Å². The largest absolute Gasteiger partial charge is 0.368 e. The molecule has 0 saturated carbocycles. The van der Waals surface area contributed by atoms with E-state index >= 15 is 0 Å². The van der Waals surface area contributed by atoms with Crippen LogP contribution in [0.25, 0.3) is 11.0 Å². The summed E-state index contributed by atoms with van der Waals surface area (Å²) >= 11 is 0. The van der Waals surface area contributed by atoms with Crippen LogP contribution < -0.4 is 10.2 Å². The van der Waals surface area contributed by atoms with E-state index in [-0.39, 0.29) is 4.90 Å². The van der Waals surface area contributed by atoms with Gasteiger partial charge in [-0.05, 0) is 18.2 Å². The van der Waals surface area contributed by atoms with E-state index in [4.69, 9.17) is 0 Å². The van der Waals surface area contributed by atoms with Crippen molar-refractivity contribution < 1.29 is 13.3 Å². The van der Waals surface area contributed by atoms with Gasteiger partial charge in [0, 0.05) is 38.4 Å². The summed E-state index contributed by atoms with van der Waals surface area (Å²) in [4.78, 5) is 16.7. The van der Waals surface area contributed by atoms with Gasteiger partial charge in [0.1, 0.15) is 0 Å². The number of aromatic nitrogens is 2. The Balaban J connectivity index is 1.85. The predicted octanol–water partition coefficient (Wildman–Crippen LogP) is 1.59. The molecule has 4 rings (SSSR count). The second kappa shape index (κ2) is 6.63. The first-order valence-electron chi connectivity index (χ1n) is 8.40. The minimum Gasteiger partial charge on any atom is -0.368 e. The monoisotopic (exact) mass is 387 g/mol. The maximum absolute atomic E-state index is 13.1. The standard InChI is InChI=1S/C17H17N5O4S/c23-22(24)15-3-1-2-4-17(15)27(25,26)21-8-5-14-16(21)11-13(12-19-14)20-9-6-18-7-10-20/h1-5,8,11-12,18H,6-7,9-10H2. The third-order valence-corrected chi connectivity index (χ3v) is 6.31. The van der Waals surface area contributed by atoms with Gasteiger partial charge in [-0.1, -0.05) is 12.1 Å². The average Bonchev–Trinajstić information content (AvgIpc) is 3.12. The number of benzene rings is 1. The summed E-state index contributed by atoms with van der Waals surface area (Å²) in [5.74, 6) is 0. The van der Waals surface area contributed by atoms with Gasteiger partial charge in [-0.15, -0.1) is 0 Å². The van der Waals surface area contributed by atoms with E-state index in [0.717, 1.165) is 35.8 Å². The average molecular weight is 387 g/mol. The van der Waals surface area contributed by atoms with E-state index < -0.39 is 20.6 Å². The van der Waals surface area contributed by atoms with E-state index in [1.807, 2.05) is 0 Å². The second-order valence-electron chi connectivity index (χ2n) is 6.18. The molecule has 1 fully saturated rings. The summed E-state index contributed by atoms with van der Waals surface area (Å²) in [7, 11) is -4.14. The minimum atomic E-state index is -4.14. The lowest BCUT2D eigenvalue weighted by Gasteiger charge is -2.29. The van der Waals surface area contributed by atoms with Crippen molar-refractivity contribution in [2.45, 2.75) is 4.90 Å². The number of nitro groups is 1. The normalized spacial score (nSPS) is 15.2. The highest BCUT2D eigenvalue weighted by atomic mass is 32.2. The number of piperazine rings is 1. The van der Waals surface area contributed by atoms with Gasteiger partial charge in [0.25, 0.3) is 15.7 Å². The van der Waals surface area contributed by atoms with E-state index in [2.05, 4.69) is 15.2 Å². The Hall–Kier alpha value is -2.98. The summed E-state index contributed by atoms with van der Waals surface area (Å²) in [5, 5.41) is 14.5. The van der Waals surface area contributed by atoms with Gasteiger partial charge in [-0.25, -0.2) is 12.4 Å². The van der Waals surface area contributed by atoms with E-state index in [1.165, 1.54) is 30.5 Å². The lowest BCUT2D eigenvalue weighted by molar-refractivity contribution is -0.387. The maximum atomic E-state index is 13.1. The molecule has 1 saturated heterocycles. The molecule has 3 aromatic rings. The quantitative estimate of drug-likeness (QED) is 0.535. The fourth-order valence-corrected chi connectivity index (χ4v) is 4.71. The van der Waals surface area contributed by atoms with Crippen molar-refractivity contribution in [1.82, 2.24) is 14.3 Å². The molecule has 0 aliphatic carbocycles. The molecule has 1 aromatic carbocycles. The topological polar surface area (TPSA) is 110 Å². The van der Waals surface area contributed by atoms with Crippen LogP contribution in [0.2, 0.25) is 0 Å². The van der Waals surface area contributed by atoms with Crippen molar-refractivity contribution in [1.29, 1.82) is 0 Å². The molecule has 0 radical (unpaired) electrons. The molecule has 0 amide bonds. The van der Waals surface area contributed by atoms with Crippen molar-refractivity contribution in [2.24, 2.45) is 0 Å². The zero-order chi connectivity index (χ0) is 19.0.